The summed E-state index contributed by atoms with van der Waals surface area (Å²) in [4.78, 5) is 4.53. The first kappa shape index (κ1) is 13.8. The number of benzene rings is 1. The zero-order valence-electron chi connectivity index (χ0n) is 12.2. The molecule has 0 radical (unpaired) electrons. The van der Waals surface area contributed by atoms with E-state index < -0.39 is 0 Å². The van der Waals surface area contributed by atoms with Crippen molar-refractivity contribution in [2.75, 3.05) is 6.54 Å². The van der Waals surface area contributed by atoms with Gasteiger partial charge in [-0.1, -0.05) is 30.7 Å². The Balaban J connectivity index is 2.31. The van der Waals surface area contributed by atoms with Crippen LogP contribution in [0.4, 0.5) is 0 Å². The number of likely N-dealkylation sites (N-methyl/N-ethyl adjacent to an activating group) is 1. The molecule has 1 unspecified atom stereocenters. The zero-order valence-corrected chi connectivity index (χ0v) is 12.2. The van der Waals surface area contributed by atoms with Gasteiger partial charge >= 0.3 is 0 Å². The van der Waals surface area contributed by atoms with Gasteiger partial charge in [0.2, 0.25) is 0 Å². The smallest absolute Gasteiger partial charge is 0.0705 e. The van der Waals surface area contributed by atoms with Crippen LogP contribution in [0.1, 0.15) is 32.0 Å². The molecule has 1 N–H and O–H groups in total. The molecule has 1 aromatic carbocycles. The van der Waals surface area contributed by atoms with Crippen LogP contribution in [-0.2, 0) is 0 Å². The monoisotopic (exact) mass is 254 g/mol. The van der Waals surface area contributed by atoms with Crippen LogP contribution in [-0.4, -0.2) is 17.6 Å². The highest BCUT2D eigenvalue weighted by atomic mass is 14.9. The Morgan fingerprint density at radius 2 is 2.11 bits per heavy atom. The Labute approximate surface area is 115 Å². The molecular formula is C17H22N2. The van der Waals surface area contributed by atoms with Crippen molar-refractivity contribution in [3.63, 3.8) is 0 Å². The lowest BCUT2D eigenvalue weighted by Crippen LogP contribution is -2.26. The van der Waals surface area contributed by atoms with Crippen LogP contribution >= 0.6 is 0 Å². The lowest BCUT2D eigenvalue weighted by Gasteiger charge is -2.13. The van der Waals surface area contributed by atoms with Crippen molar-refractivity contribution >= 4 is 17.0 Å². The third kappa shape index (κ3) is 3.42. The number of pyridine rings is 1. The molecule has 0 saturated heterocycles. The summed E-state index contributed by atoms with van der Waals surface area (Å²) in [5, 5.41) is 4.63. The maximum absolute atomic E-state index is 4.53. The average Bonchev–Trinajstić information content (AvgIpc) is 2.39. The summed E-state index contributed by atoms with van der Waals surface area (Å²) in [6, 6.07) is 11.0. The second kappa shape index (κ2) is 5.98. The molecule has 1 aromatic heterocycles. The third-order valence-electron chi connectivity index (χ3n) is 3.44. The standard InChI is InChI=1S/C17H22N2/c1-5-18-14(4)12(2)10-15-7-9-17-16(11-15)8-6-13(3)19-17/h6-11,14,18H,5H2,1-4H3/b12-10+. The summed E-state index contributed by atoms with van der Waals surface area (Å²) >= 11 is 0. The molecule has 100 valence electrons. The highest BCUT2D eigenvalue weighted by Crippen LogP contribution is 2.17. The Bertz CT molecular complexity index is 599. The average molecular weight is 254 g/mol. The van der Waals surface area contributed by atoms with Gasteiger partial charge in [0, 0.05) is 17.1 Å². The van der Waals surface area contributed by atoms with Crippen molar-refractivity contribution in [3.8, 4) is 0 Å². The van der Waals surface area contributed by atoms with Crippen molar-refractivity contribution in [1.29, 1.82) is 0 Å². The predicted octanol–water partition coefficient (Wildman–Crippen LogP) is 3.94. The maximum atomic E-state index is 4.53. The molecular weight excluding hydrogens is 232 g/mol. The van der Waals surface area contributed by atoms with E-state index in [9.17, 15) is 0 Å². The van der Waals surface area contributed by atoms with E-state index in [2.05, 4.69) is 67.5 Å². The number of fused-ring (bicyclic) bond motifs is 1. The Morgan fingerprint density at radius 1 is 1.32 bits per heavy atom. The fourth-order valence-corrected chi connectivity index (χ4v) is 2.19. The maximum Gasteiger partial charge on any atom is 0.0705 e. The van der Waals surface area contributed by atoms with Gasteiger partial charge in [0.1, 0.15) is 0 Å². The van der Waals surface area contributed by atoms with Crippen molar-refractivity contribution < 1.29 is 0 Å². The van der Waals surface area contributed by atoms with Gasteiger partial charge in [-0.05, 0) is 51.1 Å². The van der Waals surface area contributed by atoms with E-state index in [-0.39, 0.29) is 0 Å². The first-order valence-corrected chi connectivity index (χ1v) is 6.89. The largest absolute Gasteiger partial charge is 0.311 e. The van der Waals surface area contributed by atoms with Gasteiger partial charge in [0.05, 0.1) is 5.52 Å². The molecule has 1 atom stereocenters. The fourth-order valence-electron chi connectivity index (χ4n) is 2.19. The molecule has 0 aliphatic rings. The van der Waals surface area contributed by atoms with E-state index in [4.69, 9.17) is 0 Å². The number of nitrogens with one attached hydrogen (secondary N) is 1. The van der Waals surface area contributed by atoms with Crippen LogP contribution in [0.25, 0.3) is 17.0 Å². The number of rotatable bonds is 4. The minimum absolute atomic E-state index is 0.414. The number of aromatic nitrogens is 1. The van der Waals surface area contributed by atoms with Gasteiger partial charge in [-0.25, -0.2) is 0 Å². The molecule has 0 amide bonds. The van der Waals surface area contributed by atoms with E-state index in [0.717, 1.165) is 17.8 Å². The van der Waals surface area contributed by atoms with Crippen LogP contribution in [0.3, 0.4) is 0 Å². The summed E-state index contributed by atoms with van der Waals surface area (Å²) < 4.78 is 0. The molecule has 0 aliphatic heterocycles. The van der Waals surface area contributed by atoms with Crippen LogP contribution in [0.2, 0.25) is 0 Å². The molecule has 0 spiro atoms. The van der Waals surface area contributed by atoms with Crippen LogP contribution in [0, 0.1) is 6.92 Å². The molecule has 0 aliphatic carbocycles. The molecule has 2 aromatic rings. The summed E-state index contributed by atoms with van der Waals surface area (Å²) in [6.45, 7) is 9.52. The Hall–Kier alpha value is -1.67. The highest BCUT2D eigenvalue weighted by Gasteiger charge is 2.02. The normalized spacial score (nSPS) is 13.8. The molecule has 0 fully saturated rings. The predicted molar refractivity (Wildman–Crippen MR) is 83.3 cm³/mol. The van der Waals surface area contributed by atoms with Gasteiger partial charge in [0.25, 0.3) is 0 Å². The Morgan fingerprint density at radius 3 is 2.84 bits per heavy atom. The second-order valence-electron chi connectivity index (χ2n) is 5.07. The summed E-state index contributed by atoms with van der Waals surface area (Å²) in [5.74, 6) is 0. The summed E-state index contributed by atoms with van der Waals surface area (Å²) in [7, 11) is 0. The summed E-state index contributed by atoms with van der Waals surface area (Å²) in [5.41, 5.74) is 4.71. The van der Waals surface area contributed by atoms with Crippen LogP contribution in [0.5, 0.6) is 0 Å². The van der Waals surface area contributed by atoms with Gasteiger partial charge in [0.15, 0.2) is 0 Å². The first-order chi connectivity index (χ1) is 9.10. The van der Waals surface area contributed by atoms with Crippen molar-refractivity contribution in [2.24, 2.45) is 0 Å². The fraction of sp³-hybridized carbons (Fsp3) is 0.353. The minimum atomic E-state index is 0.414. The Kier molecular flexibility index (Phi) is 4.33. The van der Waals surface area contributed by atoms with Gasteiger partial charge in [-0.2, -0.15) is 0 Å². The number of nitrogens with zero attached hydrogens (tertiary/aromatic N) is 1. The van der Waals surface area contributed by atoms with Gasteiger partial charge in [-0.15, -0.1) is 0 Å². The third-order valence-corrected chi connectivity index (χ3v) is 3.44. The van der Waals surface area contributed by atoms with E-state index in [1.807, 2.05) is 6.92 Å². The van der Waals surface area contributed by atoms with Crippen LogP contribution in [0.15, 0.2) is 35.9 Å². The van der Waals surface area contributed by atoms with E-state index in [0.29, 0.717) is 6.04 Å². The SMILES string of the molecule is CCNC(C)/C(C)=C/c1ccc2nc(C)ccc2c1. The quantitative estimate of drug-likeness (QED) is 0.893. The molecule has 2 heteroatoms. The summed E-state index contributed by atoms with van der Waals surface area (Å²) in [6.07, 6.45) is 2.24. The first-order valence-electron chi connectivity index (χ1n) is 6.89. The van der Waals surface area contributed by atoms with Gasteiger partial charge < -0.3 is 5.32 Å². The van der Waals surface area contributed by atoms with Crippen molar-refractivity contribution in [1.82, 2.24) is 10.3 Å². The molecule has 2 nitrogen and oxygen atoms in total. The van der Waals surface area contributed by atoms with Crippen molar-refractivity contribution in [3.05, 3.63) is 47.2 Å². The molecule has 2 rings (SSSR count). The van der Waals surface area contributed by atoms with E-state index >= 15 is 0 Å². The number of hydrogen-bond acceptors (Lipinski definition) is 2. The van der Waals surface area contributed by atoms with Crippen LogP contribution < -0.4 is 5.32 Å². The topological polar surface area (TPSA) is 24.9 Å². The minimum Gasteiger partial charge on any atom is -0.311 e. The molecule has 0 saturated carbocycles. The second-order valence-corrected chi connectivity index (χ2v) is 5.07. The lowest BCUT2D eigenvalue weighted by atomic mass is 10.0. The van der Waals surface area contributed by atoms with E-state index in [1.54, 1.807) is 0 Å². The van der Waals surface area contributed by atoms with E-state index in [1.165, 1.54) is 16.5 Å². The molecule has 19 heavy (non-hydrogen) atoms. The van der Waals surface area contributed by atoms with Crippen molar-refractivity contribution in [2.45, 2.75) is 33.7 Å². The molecule has 1 heterocycles. The van der Waals surface area contributed by atoms with Gasteiger partial charge in [-0.3, -0.25) is 4.98 Å². The zero-order chi connectivity index (χ0) is 13.8. The number of aryl methyl sites for hydroxylation is 1. The number of hydrogen-bond donors (Lipinski definition) is 1. The lowest BCUT2D eigenvalue weighted by molar-refractivity contribution is 0.636. The highest BCUT2D eigenvalue weighted by molar-refractivity contribution is 5.81. The molecule has 0 bridgehead atoms.